The van der Waals surface area contributed by atoms with E-state index in [4.69, 9.17) is 0 Å². The van der Waals surface area contributed by atoms with Crippen LogP contribution in [-0.4, -0.2) is 0 Å². The van der Waals surface area contributed by atoms with Crippen molar-refractivity contribution in [2.75, 3.05) is 0 Å². The lowest BCUT2D eigenvalue weighted by molar-refractivity contribution is 1.50. The first-order valence-electron chi connectivity index (χ1n) is 4.03. The maximum Gasteiger partial charge on any atom is 0.0254 e. The van der Waals surface area contributed by atoms with Crippen molar-refractivity contribution in [1.82, 2.24) is 0 Å². The van der Waals surface area contributed by atoms with Gasteiger partial charge in [-0.2, -0.15) is 0 Å². The van der Waals surface area contributed by atoms with Gasteiger partial charge in [0.2, 0.25) is 0 Å². The predicted molar refractivity (Wildman–Crippen MR) is 64.1 cm³/mol. The van der Waals surface area contributed by atoms with Crippen LogP contribution in [0.4, 0.5) is 0 Å². The van der Waals surface area contributed by atoms with Crippen molar-refractivity contribution in [2.24, 2.45) is 0 Å². The highest BCUT2D eigenvalue weighted by atomic mass is 79.9. The minimum atomic E-state index is 1.14. The molecule has 0 N–H and O–H groups in total. The Balaban J connectivity index is 2.92. The molecular formula is C11H8Br2. The summed E-state index contributed by atoms with van der Waals surface area (Å²) in [5.74, 6) is 0. The van der Waals surface area contributed by atoms with Crippen molar-refractivity contribution in [1.29, 1.82) is 0 Å². The Bertz CT molecular complexity index is 461. The van der Waals surface area contributed by atoms with Crippen LogP contribution in [0.5, 0.6) is 0 Å². The fourth-order valence-corrected chi connectivity index (χ4v) is 2.33. The molecule has 0 amide bonds. The number of fused-ring (bicyclic) bond motifs is 1. The standard InChI is InChI=1S/C11H8Br2/c1-7-2-3-8-9(6-7)11(13)5-4-10(8)12/h2-6H,1H3. The maximum absolute atomic E-state index is 3.54. The zero-order valence-corrected chi connectivity index (χ0v) is 10.3. The number of aryl methyl sites for hydroxylation is 1. The lowest BCUT2D eigenvalue weighted by atomic mass is 10.1. The second-order valence-electron chi connectivity index (χ2n) is 3.08. The fraction of sp³-hybridized carbons (Fsp3) is 0.0909. The third-order valence-corrected chi connectivity index (χ3v) is 3.45. The quantitative estimate of drug-likeness (QED) is 0.663. The van der Waals surface area contributed by atoms with Crippen LogP contribution >= 0.6 is 31.9 Å². The summed E-state index contributed by atoms with van der Waals surface area (Å²) < 4.78 is 2.29. The highest BCUT2D eigenvalue weighted by molar-refractivity contribution is 9.11. The van der Waals surface area contributed by atoms with E-state index in [9.17, 15) is 0 Å². The minimum Gasteiger partial charge on any atom is -0.0586 e. The first-order chi connectivity index (χ1) is 6.18. The molecule has 66 valence electrons. The molecule has 13 heavy (non-hydrogen) atoms. The highest BCUT2D eigenvalue weighted by Crippen LogP contribution is 2.30. The van der Waals surface area contributed by atoms with Crippen LogP contribution in [0.2, 0.25) is 0 Å². The van der Waals surface area contributed by atoms with Gasteiger partial charge < -0.3 is 0 Å². The molecule has 0 radical (unpaired) electrons. The van der Waals surface area contributed by atoms with Gasteiger partial charge in [0.05, 0.1) is 0 Å². The molecule has 0 nitrogen and oxygen atoms in total. The molecule has 0 saturated carbocycles. The summed E-state index contributed by atoms with van der Waals surface area (Å²) in [4.78, 5) is 0. The van der Waals surface area contributed by atoms with Gasteiger partial charge in [0.1, 0.15) is 0 Å². The number of benzene rings is 2. The van der Waals surface area contributed by atoms with Crippen LogP contribution in [0.25, 0.3) is 10.8 Å². The van der Waals surface area contributed by atoms with Gasteiger partial charge in [-0.25, -0.2) is 0 Å². The molecule has 2 aromatic carbocycles. The molecule has 0 aliphatic rings. The summed E-state index contributed by atoms with van der Waals surface area (Å²) in [5.41, 5.74) is 1.28. The van der Waals surface area contributed by atoms with Crippen molar-refractivity contribution in [2.45, 2.75) is 6.92 Å². The summed E-state index contributed by atoms with van der Waals surface area (Å²) in [7, 11) is 0. The van der Waals surface area contributed by atoms with Crippen molar-refractivity contribution >= 4 is 42.6 Å². The summed E-state index contributed by atoms with van der Waals surface area (Å²) in [6, 6.07) is 10.6. The lowest BCUT2D eigenvalue weighted by Gasteiger charge is -2.03. The van der Waals surface area contributed by atoms with Crippen LogP contribution in [0.1, 0.15) is 5.56 Å². The highest BCUT2D eigenvalue weighted by Gasteiger charge is 2.01. The molecule has 0 aliphatic carbocycles. The van der Waals surface area contributed by atoms with E-state index in [1.807, 2.05) is 0 Å². The van der Waals surface area contributed by atoms with Crippen molar-refractivity contribution in [3.8, 4) is 0 Å². The number of hydrogen-bond donors (Lipinski definition) is 0. The molecule has 0 fully saturated rings. The van der Waals surface area contributed by atoms with Crippen molar-refractivity contribution in [3.63, 3.8) is 0 Å². The van der Waals surface area contributed by atoms with Crippen LogP contribution in [0, 0.1) is 6.92 Å². The van der Waals surface area contributed by atoms with E-state index in [1.165, 1.54) is 16.3 Å². The van der Waals surface area contributed by atoms with Gasteiger partial charge >= 0.3 is 0 Å². The minimum absolute atomic E-state index is 1.14. The number of halogens is 2. The summed E-state index contributed by atoms with van der Waals surface area (Å²) >= 11 is 7.08. The second-order valence-corrected chi connectivity index (χ2v) is 4.79. The molecule has 0 saturated heterocycles. The molecule has 2 heteroatoms. The third kappa shape index (κ3) is 1.65. The van der Waals surface area contributed by atoms with E-state index >= 15 is 0 Å². The molecule has 2 rings (SSSR count). The van der Waals surface area contributed by atoms with Gasteiger partial charge in [-0.15, -0.1) is 0 Å². The van der Waals surface area contributed by atoms with Crippen LogP contribution in [0.15, 0.2) is 39.3 Å². The normalized spacial score (nSPS) is 10.7. The molecular weight excluding hydrogens is 292 g/mol. The largest absolute Gasteiger partial charge is 0.0586 e. The van der Waals surface area contributed by atoms with Crippen LogP contribution < -0.4 is 0 Å². The van der Waals surface area contributed by atoms with Gasteiger partial charge in [0, 0.05) is 8.95 Å². The van der Waals surface area contributed by atoms with Crippen molar-refractivity contribution in [3.05, 3.63) is 44.8 Å². The lowest BCUT2D eigenvalue weighted by Crippen LogP contribution is -1.78. The molecule has 0 aromatic heterocycles. The second kappa shape index (κ2) is 3.43. The first-order valence-corrected chi connectivity index (χ1v) is 5.61. The summed E-state index contributed by atoms with van der Waals surface area (Å²) in [6.07, 6.45) is 0. The van der Waals surface area contributed by atoms with Gasteiger partial charge in [-0.05, 0) is 29.8 Å². The smallest absolute Gasteiger partial charge is 0.0254 e. The molecule has 0 unspecified atom stereocenters. The number of hydrogen-bond acceptors (Lipinski definition) is 0. The SMILES string of the molecule is Cc1ccc2c(Br)ccc(Br)c2c1. The Hall–Kier alpha value is -0.340. The van der Waals surface area contributed by atoms with E-state index in [2.05, 4.69) is 69.1 Å². The van der Waals surface area contributed by atoms with E-state index in [-0.39, 0.29) is 0 Å². The zero-order valence-electron chi connectivity index (χ0n) is 7.14. The maximum atomic E-state index is 3.54. The van der Waals surface area contributed by atoms with Gasteiger partial charge in [-0.1, -0.05) is 55.6 Å². The zero-order chi connectivity index (χ0) is 9.42. The van der Waals surface area contributed by atoms with Gasteiger partial charge in [0.15, 0.2) is 0 Å². The van der Waals surface area contributed by atoms with Gasteiger partial charge in [-0.3, -0.25) is 0 Å². The Morgan fingerprint density at radius 1 is 0.846 bits per heavy atom. The molecule has 0 bridgehead atoms. The molecule has 0 aliphatic heterocycles. The molecule has 2 aromatic rings. The third-order valence-electron chi connectivity index (χ3n) is 2.07. The Morgan fingerprint density at radius 3 is 2.15 bits per heavy atom. The van der Waals surface area contributed by atoms with Crippen LogP contribution in [-0.2, 0) is 0 Å². The van der Waals surface area contributed by atoms with Crippen LogP contribution in [0.3, 0.4) is 0 Å². The van der Waals surface area contributed by atoms with E-state index in [1.54, 1.807) is 0 Å². The monoisotopic (exact) mass is 298 g/mol. The Morgan fingerprint density at radius 2 is 1.46 bits per heavy atom. The fourth-order valence-electron chi connectivity index (χ4n) is 1.39. The van der Waals surface area contributed by atoms with Crippen molar-refractivity contribution < 1.29 is 0 Å². The Kier molecular flexibility index (Phi) is 2.43. The topological polar surface area (TPSA) is 0 Å². The van der Waals surface area contributed by atoms with E-state index in [0.717, 1.165) is 8.95 Å². The predicted octanol–water partition coefficient (Wildman–Crippen LogP) is 4.67. The van der Waals surface area contributed by atoms with E-state index in [0.29, 0.717) is 0 Å². The molecule has 0 spiro atoms. The van der Waals surface area contributed by atoms with E-state index < -0.39 is 0 Å². The first kappa shape index (κ1) is 9.22. The molecule has 0 heterocycles. The molecule has 0 atom stereocenters. The number of rotatable bonds is 0. The van der Waals surface area contributed by atoms with Gasteiger partial charge in [0.25, 0.3) is 0 Å². The average molecular weight is 300 g/mol. The summed E-state index contributed by atoms with van der Waals surface area (Å²) in [5, 5.41) is 2.51. The Labute approximate surface area is 94.2 Å². The summed E-state index contributed by atoms with van der Waals surface area (Å²) in [6.45, 7) is 2.10. The average Bonchev–Trinajstić information content (AvgIpc) is 2.12.